The summed E-state index contributed by atoms with van der Waals surface area (Å²) in [4.78, 5) is 0. The zero-order valence-corrected chi connectivity index (χ0v) is 14.2. The van der Waals surface area contributed by atoms with E-state index in [0.29, 0.717) is 5.54 Å². The highest BCUT2D eigenvalue weighted by atomic mass is 79.9. The Morgan fingerprint density at radius 3 is 2.28 bits per heavy atom. The number of hydrogen-bond acceptors (Lipinski definition) is 2. The molecule has 1 rings (SSSR count). The van der Waals surface area contributed by atoms with Crippen LogP contribution in [0.25, 0.3) is 0 Å². The predicted octanol–water partition coefficient (Wildman–Crippen LogP) is 4.17. The van der Waals surface area contributed by atoms with Crippen LogP contribution in [0.15, 0.2) is 28.7 Å². The third-order valence-corrected chi connectivity index (χ3v) is 5.58. The van der Waals surface area contributed by atoms with Crippen molar-refractivity contribution in [1.29, 1.82) is 0 Å². The Hall–Kier alpha value is -0.163. The summed E-state index contributed by atoms with van der Waals surface area (Å²) in [6, 6.07) is 8.43. The van der Waals surface area contributed by atoms with E-state index >= 15 is 0 Å². The van der Waals surface area contributed by atoms with Crippen LogP contribution in [-0.2, 0) is 8.85 Å². The van der Waals surface area contributed by atoms with Crippen molar-refractivity contribution in [3.63, 3.8) is 0 Å². The molecule has 0 aliphatic heterocycles. The summed E-state index contributed by atoms with van der Waals surface area (Å²) in [7, 11) is -1.63. The van der Waals surface area contributed by atoms with Gasteiger partial charge in [0.2, 0.25) is 0 Å². The summed E-state index contributed by atoms with van der Waals surface area (Å²) >= 11 is 3.52. The van der Waals surface area contributed by atoms with E-state index in [1.54, 1.807) is 0 Å². The van der Waals surface area contributed by atoms with Crippen molar-refractivity contribution in [2.24, 2.45) is 0 Å². The van der Waals surface area contributed by atoms with Gasteiger partial charge >= 0.3 is 9.28 Å². The summed E-state index contributed by atoms with van der Waals surface area (Å²) in [5.74, 6) is 0. The van der Waals surface area contributed by atoms with Crippen molar-refractivity contribution in [2.45, 2.75) is 39.2 Å². The molecule has 0 saturated heterocycles. The van der Waals surface area contributed by atoms with Crippen LogP contribution < -0.4 is 0 Å². The zero-order valence-electron chi connectivity index (χ0n) is 11.5. The number of rotatable bonds is 8. The Morgan fingerprint density at radius 2 is 1.78 bits per heavy atom. The topological polar surface area (TPSA) is 18.5 Å². The first-order chi connectivity index (χ1) is 8.69. The summed E-state index contributed by atoms with van der Waals surface area (Å²) in [5, 5.41) is 0. The molecule has 0 aliphatic rings. The van der Waals surface area contributed by atoms with E-state index in [9.17, 15) is 0 Å². The molecule has 2 nitrogen and oxygen atoms in total. The minimum absolute atomic E-state index is 0.376. The van der Waals surface area contributed by atoms with Gasteiger partial charge in [0.1, 0.15) is 0 Å². The van der Waals surface area contributed by atoms with Gasteiger partial charge in [0.15, 0.2) is 0 Å². The number of halogens is 1. The van der Waals surface area contributed by atoms with Gasteiger partial charge in [0.05, 0.1) is 0 Å². The van der Waals surface area contributed by atoms with E-state index in [1.807, 2.05) is 6.07 Å². The Balaban J connectivity index is 2.70. The molecule has 0 bridgehead atoms. The smallest absolute Gasteiger partial charge is 0.328 e. The van der Waals surface area contributed by atoms with Gasteiger partial charge < -0.3 is 8.85 Å². The lowest BCUT2D eigenvalue weighted by molar-refractivity contribution is 0.190. The summed E-state index contributed by atoms with van der Waals surface area (Å²) in [6.45, 7) is 8.09. The fourth-order valence-corrected chi connectivity index (χ4v) is 4.30. The second-order valence-electron chi connectivity index (χ2n) is 4.45. The molecule has 1 aromatic carbocycles. The monoisotopic (exact) mass is 330 g/mol. The third-order valence-electron chi connectivity index (χ3n) is 2.76. The Labute approximate surface area is 121 Å². The molecule has 0 aromatic heterocycles. The fourth-order valence-electron chi connectivity index (χ4n) is 1.75. The van der Waals surface area contributed by atoms with Crippen LogP contribution in [0, 0.1) is 0 Å². The Morgan fingerprint density at radius 1 is 1.17 bits per heavy atom. The van der Waals surface area contributed by atoms with Crippen LogP contribution in [0.1, 0.15) is 44.7 Å². The lowest BCUT2D eigenvalue weighted by Gasteiger charge is -2.22. The Bertz CT molecular complexity index is 338. The molecule has 0 N–H and O–H groups in total. The highest BCUT2D eigenvalue weighted by molar-refractivity contribution is 9.10. The van der Waals surface area contributed by atoms with E-state index in [2.05, 4.69) is 54.9 Å². The highest BCUT2D eigenvalue weighted by Crippen LogP contribution is 2.23. The number of benzene rings is 1. The van der Waals surface area contributed by atoms with Crippen molar-refractivity contribution in [3.8, 4) is 0 Å². The number of hydrogen-bond donors (Lipinski definition) is 0. The molecular weight excluding hydrogens is 308 g/mol. The van der Waals surface area contributed by atoms with Crippen LogP contribution >= 0.6 is 15.9 Å². The maximum absolute atomic E-state index is 5.95. The van der Waals surface area contributed by atoms with Gasteiger partial charge in [0.25, 0.3) is 0 Å². The van der Waals surface area contributed by atoms with Gasteiger partial charge in [-0.15, -0.1) is 0 Å². The van der Waals surface area contributed by atoms with Crippen LogP contribution in [0.2, 0.25) is 0 Å². The van der Waals surface area contributed by atoms with Crippen molar-refractivity contribution < 1.29 is 8.85 Å². The van der Waals surface area contributed by atoms with Crippen molar-refractivity contribution in [3.05, 3.63) is 34.3 Å². The maximum Gasteiger partial charge on any atom is 0.328 e. The SMILES string of the molecule is CCCO[SiH](OCCC)C(C)c1cccc(Br)c1. The quantitative estimate of drug-likeness (QED) is 0.666. The molecule has 0 radical (unpaired) electrons. The van der Waals surface area contributed by atoms with Crippen LogP contribution in [0.3, 0.4) is 0 Å². The van der Waals surface area contributed by atoms with Gasteiger partial charge in [-0.1, -0.05) is 48.8 Å². The van der Waals surface area contributed by atoms with Gasteiger partial charge in [0, 0.05) is 23.2 Å². The molecule has 4 heteroatoms. The second-order valence-corrected chi connectivity index (χ2v) is 7.77. The average molecular weight is 331 g/mol. The third kappa shape index (κ3) is 5.22. The van der Waals surface area contributed by atoms with Gasteiger partial charge in [-0.25, -0.2) is 0 Å². The van der Waals surface area contributed by atoms with E-state index < -0.39 is 9.28 Å². The fraction of sp³-hybridized carbons (Fsp3) is 0.571. The van der Waals surface area contributed by atoms with Gasteiger partial charge in [-0.3, -0.25) is 0 Å². The first-order valence-electron chi connectivity index (χ1n) is 6.67. The van der Waals surface area contributed by atoms with Crippen molar-refractivity contribution in [2.75, 3.05) is 13.2 Å². The minimum Gasteiger partial charge on any atom is -0.396 e. The summed E-state index contributed by atoms with van der Waals surface area (Å²) in [6.07, 6.45) is 2.09. The molecule has 1 aromatic rings. The first kappa shape index (κ1) is 15.9. The van der Waals surface area contributed by atoms with Crippen LogP contribution in [-0.4, -0.2) is 22.5 Å². The molecule has 18 heavy (non-hydrogen) atoms. The molecule has 0 saturated carbocycles. The lowest BCUT2D eigenvalue weighted by Crippen LogP contribution is -2.30. The molecule has 102 valence electrons. The first-order valence-corrected chi connectivity index (χ1v) is 9.08. The molecule has 1 atom stereocenters. The highest BCUT2D eigenvalue weighted by Gasteiger charge is 2.23. The molecule has 1 unspecified atom stereocenters. The van der Waals surface area contributed by atoms with Crippen LogP contribution in [0.4, 0.5) is 0 Å². The zero-order chi connectivity index (χ0) is 13.4. The van der Waals surface area contributed by atoms with E-state index in [1.165, 1.54) is 5.56 Å². The maximum atomic E-state index is 5.95. The second kappa shape index (κ2) is 8.86. The average Bonchev–Trinajstić information content (AvgIpc) is 2.38. The predicted molar refractivity (Wildman–Crippen MR) is 82.2 cm³/mol. The molecule has 0 aliphatic carbocycles. The molecule has 0 spiro atoms. The van der Waals surface area contributed by atoms with Crippen molar-refractivity contribution >= 4 is 25.2 Å². The summed E-state index contributed by atoms with van der Waals surface area (Å²) < 4.78 is 13.0. The van der Waals surface area contributed by atoms with Gasteiger partial charge in [-0.05, 0) is 30.5 Å². The molecular formula is C14H23BrO2Si. The van der Waals surface area contributed by atoms with E-state index in [-0.39, 0.29) is 0 Å². The van der Waals surface area contributed by atoms with Crippen molar-refractivity contribution in [1.82, 2.24) is 0 Å². The van der Waals surface area contributed by atoms with Gasteiger partial charge in [-0.2, -0.15) is 0 Å². The van der Waals surface area contributed by atoms with E-state index in [0.717, 1.165) is 30.5 Å². The minimum atomic E-state index is -1.63. The lowest BCUT2D eigenvalue weighted by atomic mass is 10.2. The summed E-state index contributed by atoms with van der Waals surface area (Å²) in [5.41, 5.74) is 1.67. The standard InChI is InChI=1S/C14H23BrO2Si/c1-4-9-16-18(17-10-5-2)12(3)13-7-6-8-14(15)11-13/h6-8,11-12,18H,4-5,9-10H2,1-3H3. The Kier molecular flexibility index (Phi) is 7.82. The largest absolute Gasteiger partial charge is 0.396 e. The molecule has 0 heterocycles. The molecule has 0 amide bonds. The normalized spacial score (nSPS) is 12.9. The molecule has 0 fully saturated rings. The van der Waals surface area contributed by atoms with Crippen LogP contribution in [0.5, 0.6) is 0 Å². The van der Waals surface area contributed by atoms with E-state index in [4.69, 9.17) is 8.85 Å².